The highest BCUT2D eigenvalue weighted by molar-refractivity contribution is 5.82. The smallest absolute Gasteiger partial charge is 0.332 e. The van der Waals surface area contributed by atoms with Crippen molar-refractivity contribution in [1.82, 2.24) is 19.0 Å². The molecule has 0 saturated carbocycles. The highest BCUT2D eigenvalue weighted by atomic mass is 16.5. The first kappa shape index (κ1) is 18.6. The van der Waals surface area contributed by atoms with E-state index in [1.807, 2.05) is 13.8 Å². The molecule has 1 aliphatic heterocycles. The lowest BCUT2D eigenvalue weighted by Gasteiger charge is -2.26. The van der Waals surface area contributed by atoms with Gasteiger partial charge in [-0.1, -0.05) is 6.92 Å². The maximum Gasteiger partial charge on any atom is 0.332 e. The SMILES string of the molecule is CCOc1c(CC)cnc2c1c(=O)n(CCN1CCOCC1)c(=O)n2C. The summed E-state index contributed by atoms with van der Waals surface area (Å²) in [4.78, 5) is 32.4. The van der Waals surface area contributed by atoms with E-state index in [9.17, 15) is 9.59 Å². The van der Waals surface area contributed by atoms with Gasteiger partial charge in [-0.3, -0.25) is 18.8 Å². The second-order valence-electron chi connectivity index (χ2n) is 6.35. The molecule has 0 aromatic carbocycles. The summed E-state index contributed by atoms with van der Waals surface area (Å²) in [6.07, 6.45) is 2.39. The van der Waals surface area contributed by atoms with Crippen molar-refractivity contribution in [2.24, 2.45) is 7.05 Å². The van der Waals surface area contributed by atoms with Crippen molar-refractivity contribution >= 4 is 11.0 Å². The van der Waals surface area contributed by atoms with Crippen LogP contribution in [0.25, 0.3) is 11.0 Å². The number of fused-ring (bicyclic) bond motifs is 1. The Bertz CT molecular complexity index is 897. The van der Waals surface area contributed by atoms with Gasteiger partial charge in [-0.05, 0) is 13.3 Å². The molecule has 1 fully saturated rings. The predicted molar refractivity (Wildman–Crippen MR) is 99.1 cm³/mol. The summed E-state index contributed by atoms with van der Waals surface area (Å²) in [5.74, 6) is 0.542. The highest BCUT2D eigenvalue weighted by Gasteiger charge is 2.19. The van der Waals surface area contributed by atoms with Crippen molar-refractivity contribution in [1.29, 1.82) is 0 Å². The number of hydrogen-bond acceptors (Lipinski definition) is 6. The van der Waals surface area contributed by atoms with Crippen molar-refractivity contribution < 1.29 is 9.47 Å². The zero-order valence-electron chi connectivity index (χ0n) is 15.7. The van der Waals surface area contributed by atoms with Crippen LogP contribution in [0.5, 0.6) is 5.75 Å². The van der Waals surface area contributed by atoms with E-state index in [1.54, 1.807) is 13.2 Å². The van der Waals surface area contributed by atoms with E-state index in [-0.39, 0.29) is 11.2 Å². The number of aromatic nitrogens is 3. The standard InChI is InChI=1S/C18H26N4O4/c1-4-13-12-19-16-14(15(13)26-5-2)17(23)22(18(24)20(16)3)7-6-21-8-10-25-11-9-21/h12H,4-11H2,1-3H3. The zero-order chi connectivity index (χ0) is 18.7. The van der Waals surface area contributed by atoms with Gasteiger partial charge < -0.3 is 9.47 Å². The van der Waals surface area contributed by atoms with E-state index in [0.29, 0.717) is 56.1 Å². The van der Waals surface area contributed by atoms with Crippen LogP contribution in [0.3, 0.4) is 0 Å². The Morgan fingerprint density at radius 3 is 2.58 bits per heavy atom. The van der Waals surface area contributed by atoms with Crippen LogP contribution in [-0.4, -0.2) is 58.5 Å². The summed E-state index contributed by atoms with van der Waals surface area (Å²) >= 11 is 0. The third-order valence-corrected chi connectivity index (χ3v) is 4.79. The third kappa shape index (κ3) is 3.39. The monoisotopic (exact) mass is 362 g/mol. The predicted octanol–water partition coefficient (Wildman–Crippen LogP) is 0.389. The molecule has 0 amide bonds. The molecule has 0 aliphatic carbocycles. The van der Waals surface area contributed by atoms with E-state index in [0.717, 1.165) is 18.7 Å². The van der Waals surface area contributed by atoms with Gasteiger partial charge in [-0.15, -0.1) is 0 Å². The topological polar surface area (TPSA) is 78.6 Å². The summed E-state index contributed by atoms with van der Waals surface area (Å²) in [7, 11) is 1.64. The number of hydrogen-bond donors (Lipinski definition) is 0. The molecule has 0 radical (unpaired) electrons. The fraction of sp³-hybridized carbons (Fsp3) is 0.611. The Morgan fingerprint density at radius 2 is 1.92 bits per heavy atom. The summed E-state index contributed by atoms with van der Waals surface area (Å²) in [6, 6.07) is 0. The van der Waals surface area contributed by atoms with Crippen LogP contribution in [0.2, 0.25) is 0 Å². The molecule has 1 aliphatic rings. The van der Waals surface area contributed by atoms with E-state index < -0.39 is 0 Å². The van der Waals surface area contributed by atoms with Gasteiger partial charge >= 0.3 is 5.69 Å². The largest absolute Gasteiger partial charge is 0.493 e. The molecule has 0 N–H and O–H groups in total. The molecule has 2 aromatic heterocycles. The van der Waals surface area contributed by atoms with Gasteiger partial charge in [-0.25, -0.2) is 9.78 Å². The van der Waals surface area contributed by atoms with Crippen LogP contribution in [0, 0.1) is 0 Å². The Balaban J connectivity index is 2.09. The van der Waals surface area contributed by atoms with Gasteiger partial charge in [0.25, 0.3) is 5.56 Å². The van der Waals surface area contributed by atoms with Crippen molar-refractivity contribution in [3.05, 3.63) is 32.6 Å². The van der Waals surface area contributed by atoms with Crippen molar-refractivity contribution in [2.75, 3.05) is 39.5 Å². The zero-order valence-corrected chi connectivity index (χ0v) is 15.7. The number of ether oxygens (including phenoxy) is 2. The Morgan fingerprint density at radius 1 is 1.19 bits per heavy atom. The number of morpholine rings is 1. The van der Waals surface area contributed by atoms with Gasteiger partial charge in [0.15, 0.2) is 5.65 Å². The number of aryl methyl sites for hydroxylation is 2. The molecule has 1 saturated heterocycles. The van der Waals surface area contributed by atoms with Crippen LogP contribution in [0.15, 0.2) is 15.8 Å². The molecule has 142 valence electrons. The molecular formula is C18H26N4O4. The first-order chi connectivity index (χ1) is 12.6. The summed E-state index contributed by atoms with van der Waals surface area (Å²) in [5.41, 5.74) is 0.552. The van der Waals surface area contributed by atoms with Crippen LogP contribution < -0.4 is 16.0 Å². The number of rotatable bonds is 6. The summed E-state index contributed by atoms with van der Waals surface area (Å²) in [5, 5.41) is 0.385. The van der Waals surface area contributed by atoms with Crippen LogP contribution >= 0.6 is 0 Å². The quantitative estimate of drug-likeness (QED) is 0.740. The van der Waals surface area contributed by atoms with Crippen molar-refractivity contribution in [3.8, 4) is 5.75 Å². The average molecular weight is 362 g/mol. The lowest BCUT2D eigenvalue weighted by molar-refractivity contribution is 0.0361. The first-order valence-corrected chi connectivity index (χ1v) is 9.12. The van der Waals surface area contributed by atoms with Crippen molar-refractivity contribution in [2.45, 2.75) is 26.8 Å². The molecule has 3 rings (SSSR count). The van der Waals surface area contributed by atoms with Gasteiger partial charge in [0, 0.05) is 45.0 Å². The summed E-state index contributed by atoms with van der Waals surface area (Å²) in [6.45, 7) is 8.28. The molecule has 8 nitrogen and oxygen atoms in total. The molecule has 2 aromatic rings. The molecule has 3 heterocycles. The molecule has 0 unspecified atom stereocenters. The maximum absolute atomic E-state index is 13.1. The minimum absolute atomic E-state index is 0.331. The van der Waals surface area contributed by atoms with E-state index >= 15 is 0 Å². The van der Waals surface area contributed by atoms with Crippen LogP contribution in [0.4, 0.5) is 0 Å². The Kier molecular flexibility index (Phi) is 5.73. The minimum atomic E-state index is -0.352. The van der Waals surface area contributed by atoms with Gasteiger partial charge in [0.2, 0.25) is 0 Å². The molecular weight excluding hydrogens is 336 g/mol. The second-order valence-corrected chi connectivity index (χ2v) is 6.35. The lowest BCUT2D eigenvalue weighted by Crippen LogP contribution is -2.44. The maximum atomic E-state index is 13.1. The minimum Gasteiger partial charge on any atom is -0.493 e. The lowest BCUT2D eigenvalue weighted by atomic mass is 10.1. The van der Waals surface area contributed by atoms with Crippen LogP contribution in [0.1, 0.15) is 19.4 Å². The molecule has 0 bridgehead atoms. The fourth-order valence-electron chi connectivity index (χ4n) is 3.29. The van der Waals surface area contributed by atoms with Crippen molar-refractivity contribution in [3.63, 3.8) is 0 Å². The van der Waals surface area contributed by atoms with Gasteiger partial charge in [0.1, 0.15) is 11.1 Å². The highest BCUT2D eigenvalue weighted by Crippen LogP contribution is 2.25. The third-order valence-electron chi connectivity index (χ3n) is 4.79. The normalized spacial score (nSPS) is 15.5. The molecule has 0 atom stereocenters. The fourth-order valence-corrected chi connectivity index (χ4v) is 3.29. The first-order valence-electron chi connectivity index (χ1n) is 9.12. The molecule has 0 spiro atoms. The second kappa shape index (κ2) is 8.01. The Hall–Kier alpha value is -2.19. The van der Waals surface area contributed by atoms with E-state index in [2.05, 4.69) is 9.88 Å². The summed E-state index contributed by atoms with van der Waals surface area (Å²) < 4.78 is 13.8. The van der Waals surface area contributed by atoms with Gasteiger partial charge in [0.05, 0.1) is 19.8 Å². The number of pyridine rings is 1. The van der Waals surface area contributed by atoms with Crippen LogP contribution in [-0.2, 0) is 24.8 Å². The number of nitrogens with zero attached hydrogens (tertiary/aromatic N) is 4. The molecule has 8 heteroatoms. The molecule has 26 heavy (non-hydrogen) atoms. The Labute approximate surface area is 152 Å². The van der Waals surface area contributed by atoms with E-state index in [1.165, 1.54) is 9.13 Å². The van der Waals surface area contributed by atoms with E-state index in [4.69, 9.17) is 9.47 Å². The average Bonchev–Trinajstić information content (AvgIpc) is 2.67. The van der Waals surface area contributed by atoms with Gasteiger partial charge in [-0.2, -0.15) is 0 Å².